The van der Waals surface area contributed by atoms with Gasteiger partial charge in [-0.3, -0.25) is 0 Å². The molecule has 1 heterocycles. The molecule has 2 rings (SSSR count). The van der Waals surface area contributed by atoms with E-state index in [4.69, 9.17) is 15.2 Å². The van der Waals surface area contributed by atoms with Crippen molar-refractivity contribution in [3.63, 3.8) is 0 Å². The minimum atomic E-state index is 0.0475. The van der Waals surface area contributed by atoms with Gasteiger partial charge in [0.2, 0.25) is 0 Å². The van der Waals surface area contributed by atoms with Gasteiger partial charge in [0.1, 0.15) is 12.4 Å². The van der Waals surface area contributed by atoms with Crippen molar-refractivity contribution in [2.75, 3.05) is 13.2 Å². The second kappa shape index (κ2) is 5.32. The van der Waals surface area contributed by atoms with Crippen LogP contribution >= 0.6 is 0 Å². The van der Waals surface area contributed by atoms with Crippen LogP contribution < -0.4 is 10.5 Å². The minimum absolute atomic E-state index is 0.0475. The van der Waals surface area contributed by atoms with E-state index in [0.29, 0.717) is 6.61 Å². The molecule has 1 aromatic carbocycles. The van der Waals surface area contributed by atoms with E-state index >= 15 is 0 Å². The van der Waals surface area contributed by atoms with Gasteiger partial charge in [-0.15, -0.1) is 0 Å². The Kier molecular flexibility index (Phi) is 3.80. The Bertz CT molecular complexity index is 332. The molecule has 16 heavy (non-hydrogen) atoms. The first-order valence-electron chi connectivity index (χ1n) is 5.85. The monoisotopic (exact) mass is 221 g/mol. The summed E-state index contributed by atoms with van der Waals surface area (Å²) in [5.41, 5.74) is 6.92. The Morgan fingerprint density at radius 2 is 2.44 bits per heavy atom. The van der Waals surface area contributed by atoms with E-state index in [1.165, 1.54) is 0 Å². The van der Waals surface area contributed by atoms with E-state index < -0.39 is 0 Å². The third-order valence-corrected chi connectivity index (χ3v) is 2.84. The number of benzene rings is 1. The van der Waals surface area contributed by atoms with Crippen LogP contribution in [0, 0.1) is 0 Å². The number of hydrogen-bond donors (Lipinski definition) is 1. The summed E-state index contributed by atoms with van der Waals surface area (Å²) in [5.74, 6) is 0.880. The molecular weight excluding hydrogens is 202 g/mol. The average molecular weight is 221 g/mol. The zero-order valence-corrected chi connectivity index (χ0v) is 9.69. The lowest BCUT2D eigenvalue weighted by molar-refractivity contribution is 0.0679. The molecule has 3 nitrogen and oxygen atoms in total. The fraction of sp³-hybridized carbons (Fsp3) is 0.538. The minimum Gasteiger partial charge on any atom is -0.491 e. The van der Waals surface area contributed by atoms with E-state index in [1.54, 1.807) is 0 Å². The molecule has 0 aliphatic carbocycles. The highest BCUT2D eigenvalue weighted by Crippen LogP contribution is 2.19. The van der Waals surface area contributed by atoms with Crippen molar-refractivity contribution >= 4 is 0 Å². The SMILES string of the molecule is C[C@H](N)c1cccc(OCC2CCCO2)c1. The van der Waals surface area contributed by atoms with Crippen LogP contribution in [0.4, 0.5) is 0 Å². The lowest BCUT2D eigenvalue weighted by Gasteiger charge is -2.13. The molecule has 2 N–H and O–H groups in total. The van der Waals surface area contributed by atoms with Crippen molar-refractivity contribution < 1.29 is 9.47 Å². The first kappa shape index (κ1) is 11.4. The third kappa shape index (κ3) is 2.97. The molecule has 0 aromatic heterocycles. The molecule has 3 heteroatoms. The number of nitrogens with two attached hydrogens (primary N) is 1. The van der Waals surface area contributed by atoms with Crippen molar-refractivity contribution in [2.24, 2.45) is 5.73 Å². The Morgan fingerprint density at radius 3 is 3.12 bits per heavy atom. The lowest BCUT2D eigenvalue weighted by atomic mass is 10.1. The molecule has 0 saturated carbocycles. The van der Waals surface area contributed by atoms with Crippen molar-refractivity contribution in [1.29, 1.82) is 0 Å². The Hall–Kier alpha value is -1.06. The number of ether oxygens (including phenoxy) is 2. The third-order valence-electron chi connectivity index (χ3n) is 2.84. The van der Waals surface area contributed by atoms with Crippen LogP contribution in [0.25, 0.3) is 0 Å². The van der Waals surface area contributed by atoms with Gasteiger partial charge in [0, 0.05) is 12.6 Å². The summed E-state index contributed by atoms with van der Waals surface area (Å²) in [6, 6.07) is 8.00. The Labute approximate surface area is 96.5 Å². The normalized spacial score (nSPS) is 22.0. The highest BCUT2D eigenvalue weighted by atomic mass is 16.5. The van der Waals surface area contributed by atoms with Crippen LogP contribution in [-0.4, -0.2) is 19.3 Å². The maximum Gasteiger partial charge on any atom is 0.119 e. The summed E-state index contributed by atoms with van der Waals surface area (Å²) in [6.45, 7) is 3.48. The van der Waals surface area contributed by atoms with Crippen molar-refractivity contribution in [2.45, 2.75) is 31.9 Å². The van der Waals surface area contributed by atoms with Gasteiger partial charge < -0.3 is 15.2 Å². The molecular formula is C13H19NO2. The van der Waals surface area contributed by atoms with Gasteiger partial charge in [0.25, 0.3) is 0 Å². The van der Waals surface area contributed by atoms with Crippen LogP contribution in [0.1, 0.15) is 31.4 Å². The second-order valence-corrected chi connectivity index (χ2v) is 4.31. The fourth-order valence-corrected chi connectivity index (χ4v) is 1.85. The molecule has 1 unspecified atom stereocenters. The van der Waals surface area contributed by atoms with Gasteiger partial charge in [-0.1, -0.05) is 12.1 Å². The van der Waals surface area contributed by atoms with Gasteiger partial charge in [-0.25, -0.2) is 0 Å². The second-order valence-electron chi connectivity index (χ2n) is 4.31. The van der Waals surface area contributed by atoms with Crippen molar-refractivity contribution in [3.8, 4) is 5.75 Å². The molecule has 0 spiro atoms. The van der Waals surface area contributed by atoms with Crippen LogP contribution in [0.3, 0.4) is 0 Å². The summed E-state index contributed by atoms with van der Waals surface area (Å²) in [6.07, 6.45) is 2.51. The molecule has 0 bridgehead atoms. The maximum absolute atomic E-state index is 5.82. The fourth-order valence-electron chi connectivity index (χ4n) is 1.85. The predicted molar refractivity (Wildman–Crippen MR) is 63.5 cm³/mol. The highest BCUT2D eigenvalue weighted by Gasteiger charge is 2.15. The molecule has 0 amide bonds. The molecule has 1 aliphatic rings. The van der Waals surface area contributed by atoms with Crippen molar-refractivity contribution in [1.82, 2.24) is 0 Å². The van der Waals surface area contributed by atoms with E-state index in [0.717, 1.165) is 30.8 Å². The number of hydrogen-bond acceptors (Lipinski definition) is 3. The Morgan fingerprint density at radius 1 is 1.56 bits per heavy atom. The molecule has 88 valence electrons. The van der Waals surface area contributed by atoms with Gasteiger partial charge in [0.05, 0.1) is 6.10 Å². The summed E-state index contributed by atoms with van der Waals surface area (Å²) >= 11 is 0. The standard InChI is InChI=1S/C13H19NO2/c1-10(14)11-4-2-5-12(8-11)16-9-13-6-3-7-15-13/h2,4-5,8,10,13H,3,6-7,9,14H2,1H3/t10-,13?/m0/s1. The Balaban J connectivity index is 1.90. The zero-order valence-electron chi connectivity index (χ0n) is 9.69. The number of rotatable bonds is 4. The first-order valence-corrected chi connectivity index (χ1v) is 5.85. The van der Waals surface area contributed by atoms with E-state index in [-0.39, 0.29) is 12.1 Å². The van der Waals surface area contributed by atoms with E-state index in [1.807, 2.05) is 31.2 Å². The topological polar surface area (TPSA) is 44.5 Å². The molecule has 1 saturated heterocycles. The van der Waals surface area contributed by atoms with Crippen LogP contribution in [0.5, 0.6) is 5.75 Å². The summed E-state index contributed by atoms with van der Waals surface area (Å²) in [4.78, 5) is 0. The summed E-state index contributed by atoms with van der Waals surface area (Å²) in [5, 5.41) is 0. The van der Waals surface area contributed by atoms with Gasteiger partial charge in [-0.2, -0.15) is 0 Å². The summed E-state index contributed by atoms with van der Waals surface area (Å²) < 4.78 is 11.2. The van der Waals surface area contributed by atoms with E-state index in [9.17, 15) is 0 Å². The van der Waals surface area contributed by atoms with Gasteiger partial charge in [0.15, 0.2) is 0 Å². The van der Waals surface area contributed by atoms with E-state index in [2.05, 4.69) is 0 Å². The van der Waals surface area contributed by atoms with Crippen LogP contribution in [0.2, 0.25) is 0 Å². The molecule has 1 fully saturated rings. The molecule has 0 radical (unpaired) electrons. The smallest absolute Gasteiger partial charge is 0.119 e. The molecule has 1 aliphatic heterocycles. The average Bonchev–Trinajstić information content (AvgIpc) is 2.79. The van der Waals surface area contributed by atoms with Gasteiger partial charge in [-0.05, 0) is 37.5 Å². The van der Waals surface area contributed by atoms with Crippen LogP contribution in [-0.2, 0) is 4.74 Å². The quantitative estimate of drug-likeness (QED) is 0.848. The summed E-state index contributed by atoms with van der Waals surface area (Å²) in [7, 11) is 0. The van der Waals surface area contributed by atoms with Crippen molar-refractivity contribution in [3.05, 3.63) is 29.8 Å². The molecule has 1 aromatic rings. The van der Waals surface area contributed by atoms with Crippen LogP contribution in [0.15, 0.2) is 24.3 Å². The maximum atomic E-state index is 5.82. The predicted octanol–water partition coefficient (Wildman–Crippen LogP) is 2.26. The van der Waals surface area contributed by atoms with Gasteiger partial charge >= 0.3 is 0 Å². The highest BCUT2D eigenvalue weighted by molar-refractivity contribution is 5.30. The molecule has 2 atom stereocenters. The largest absolute Gasteiger partial charge is 0.491 e. The lowest BCUT2D eigenvalue weighted by Crippen LogP contribution is -2.16. The zero-order chi connectivity index (χ0) is 11.4. The first-order chi connectivity index (χ1) is 7.75.